The number of amides is 3. The van der Waals surface area contributed by atoms with Crippen molar-refractivity contribution < 1.29 is 28.2 Å². The molecule has 0 unspecified atom stereocenters. The van der Waals surface area contributed by atoms with E-state index in [0.717, 1.165) is 19.3 Å². The minimum Gasteiger partial charge on any atom is -0.497 e. The SMILES string of the molecule is COc1ccc(NC(=O)[C@@H]2[C@@H]3C=C[C@]4(O3)[C@@H]2C(=O)N(Cc2ccc(F)cc2)[C@H]4C(=O)N[C@@H]2CCC[C@H](C)[C@H]2C)cc1. The van der Waals surface area contributed by atoms with Crippen molar-refractivity contribution in [2.24, 2.45) is 23.7 Å². The van der Waals surface area contributed by atoms with Crippen molar-refractivity contribution in [3.8, 4) is 5.75 Å². The number of ether oxygens (including phenoxy) is 2. The van der Waals surface area contributed by atoms with Crippen LogP contribution in [0.2, 0.25) is 0 Å². The van der Waals surface area contributed by atoms with Crippen LogP contribution in [0.1, 0.15) is 38.7 Å². The Labute approximate surface area is 239 Å². The Morgan fingerprint density at radius 1 is 1.07 bits per heavy atom. The molecule has 2 aromatic carbocycles. The van der Waals surface area contributed by atoms with E-state index in [-0.39, 0.29) is 36.1 Å². The van der Waals surface area contributed by atoms with Gasteiger partial charge in [0.1, 0.15) is 23.2 Å². The molecule has 0 radical (unpaired) electrons. The third kappa shape index (κ3) is 4.70. The van der Waals surface area contributed by atoms with Crippen LogP contribution in [-0.4, -0.2) is 53.5 Å². The van der Waals surface area contributed by atoms with Crippen LogP contribution in [0.4, 0.5) is 10.1 Å². The summed E-state index contributed by atoms with van der Waals surface area (Å²) in [6.45, 7) is 4.46. The van der Waals surface area contributed by atoms with E-state index >= 15 is 0 Å². The summed E-state index contributed by atoms with van der Waals surface area (Å²) in [5.74, 6) is -1.57. The van der Waals surface area contributed by atoms with Gasteiger partial charge in [0.25, 0.3) is 0 Å². The minimum absolute atomic E-state index is 0.0128. The van der Waals surface area contributed by atoms with Gasteiger partial charge in [-0.25, -0.2) is 4.39 Å². The Balaban J connectivity index is 1.31. The third-order valence-electron chi connectivity index (χ3n) is 9.58. The maximum atomic E-state index is 14.2. The van der Waals surface area contributed by atoms with Crippen molar-refractivity contribution in [3.05, 3.63) is 72.1 Å². The van der Waals surface area contributed by atoms with Crippen LogP contribution in [0.3, 0.4) is 0 Å². The molecule has 8 nitrogen and oxygen atoms in total. The minimum atomic E-state index is -1.27. The van der Waals surface area contributed by atoms with Crippen LogP contribution in [0.5, 0.6) is 5.75 Å². The molecule has 1 spiro atoms. The Hall–Kier alpha value is -3.72. The summed E-state index contributed by atoms with van der Waals surface area (Å²) in [6.07, 6.45) is 6.00. The Kier molecular flexibility index (Phi) is 7.09. The van der Waals surface area contributed by atoms with Crippen molar-refractivity contribution in [2.45, 2.75) is 63.4 Å². The molecular weight excluding hydrogens is 525 g/mol. The van der Waals surface area contributed by atoms with Gasteiger partial charge >= 0.3 is 0 Å². The average Bonchev–Trinajstić information content (AvgIpc) is 3.60. The molecule has 3 fully saturated rings. The van der Waals surface area contributed by atoms with E-state index in [4.69, 9.17) is 9.47 Å². The van der Waals surface area contributed by atoms with Crippen molar-refractivity contribution in [1.29, 1.82) is 0 Å². The molecule has 6 rings (SSSR count). The largest absolute Gasteiger partial charge is 0.497 e. The van der Waals surface area contributed by atoms with Crippen molar-refractivity contribution >= 4 is 23.4 Å². The Morgan fingerprint density at radius 3 is 2.51 bits per heavy atom. The lowest BCUT2D eigenvalue weighted by molar-refractivity contribution is -0.142. The lowest BCUT2D eigenvalue weighted by atomic mass is 9.73. The lowest BCUT2D eigenvalue weighted by Gasteiger charge is -2.38. The highest BCUT2D eigenvalue weighted by atomic mass is 19.1. The quantitative estimate of drug-likeness (QED) is 0.497. The van der Waals surface area contributed by atoms with E-state index in [1.165, 1.54) is 17.0 Å². The molecule has 2 bridgehead atoms. The topological polar surface area (TPSA) is 97.0 Å². The van der Waals surface area contributed by atoms with E-state index in [9.17, 15) is 18.8 Å². The third-order valence-corrected chi connectivity index (χ3v) is 9.58. The van der Waals surface area contributed by atoms with E-state index in [0.29, 0.717) is 28.8 Å². The number of halogens is 1. The monoisotopic (exact) mass is 561 g/mol. The summed E-state index contributed by atoms with van der Waals surface area (Å²) in [6, 6.07) is 11.9. The predicted molar refractivity (Wildman–Crippen MR) is 150 cm³/mol. The van der Waals surface area contributed by atoms with Gasteiger partial charge in [0.15, 0.2) is 0 Å². The first kappa shape index (κ1) is 27.4. The molecule has 3 amide bonds. The average molecular weight is 562 g/mol. The van der Waals surface area contributed by atoms with Crippen LogP contribution < -0.4 is 15.4 Å². The Morgan fingerprint density at radius 2 is 1.80 bits per heavy atom. The molecule has 4 aliphatic rings. The summed E-state index contributed by atoms with van der Waals surface area (Å²) in [5.41, 5.74) is -0.0108. The molecule has 8 atom stereocenters. The van der Waals surface area contributed by atoms with Gasteiger partial charge in [0.05, 0.1) is 25.0 Å². The smallest absolute Gasteiger partial charge is 0.246 e. The van der Waals surface area contributed by atoms with E-state index < -0.39 is 29.6 Å². The van der Waals surface area contributed by atoms with Crippen molar-refractivity contribution in [3.63, 3.8) is 0 Å². The summed E-state index contributed by atoms with van der Waals surface area (Å²) in [5, 5.41) is 6.17. The summed E-state index contributed by atoms with van der Waals surface area (Å²) >= 11 is 0. The van der Waals surface area contributed by atoms with E-state index in [2.05, 4.69) is 24.5 Å². The van der Waals surface area contributed by atoms with Crippen LogP contribution in [0.15, 0.2) is 60.7 Å². The van der Waals surface area contributed by atoms with Crippen molar-refractivity contribution in [1.82, 2.24) is 10.2 Å². The molecule has 1 saturated carbocycles. The number of rotatable bonds is 7. The second-order valence-electron chi connectivity index (χ2n) is 11.9. The normalized spacial score (nSPS) is 33.5. The van der Waals surface area contributed by atoms with Crippen LogP contribution in [-0.2, 0) is 25.7 Å². The first-order valence-electron chi connectivity index (χ1n) is 14.4. The highest BCUT2D eigenvalue weighted by Crippen LogP contribution is 2.55. The summed E-state index contributed by atoms with van der Waals surface area (Å²) < 4.78 is 25.3. The predicted octanol–water partition coefficient (Wildman–Crippen LogP) is 4.06. The van der Waals surface area contributed by atoms with Crippen LogP contribution in [0.25, 0.3) is 0 Å². The molecular formula is C32H36FN3O5. The van der Waals surface area contributed by atoms with Gasteiger partial charge in [0, 0.05) is 18.3 Å². The molecule has 2 N–H and O–H groups in total. The second kappa shape index (κ2) is 10.6. The summed E-state index contributed by atoms with van der Waals surface area (Å²) in [4.78, 5) is 43.5. The first-order chi connectivity index (χ1) is 19.7. The molecule has 216 valence electrons. The fraction of sp³-hybridized carbons (Fsp3) is 0.469. The van der Waals surface area contributed by atoms with Gasteiger partial charge in [-0.05, 0) is 60.2 Å². The van der Waals surface area contributed by atoms with Gasteiger partial charge in [-0.2, -0.15) is 0 Å². The maximum Gasteiger partial charge on any atom is 0.246 e. The van der Waals surface area contributed by atoms with Gasteiger partial charge in [0.2, 0.25) is 17.7 Å². The first-order valence-corrected chi connectivity index (χ1v) is 14.4. The van der Waals surface area contributed by atoms with Crippen LogP contribution >= 0.6 is 0 Å². The second-order valence-corrected chi connectivity index (χ2v) is 11.9. The molecule has 1 aliphatic carbocycles. The number of carbonyl (C=O) groups is 3. The maximum absolute atomic E-state index is 14.2. The number of anilines is 1. The Bertz CT molecular complexity index is 1360. The molecule has 0 aromatic heterocycles. The van der Waals surface area contributed by atoms with Crippen molar-refractivity contribution in [2.75, 3.05) is 12.4 Å². The molecule has 9 heteroatoms. The molecule has 41 heavy (non-hydrogen) atoms. The zero-order valence-electron chi connectivity index (χ0n) is 23.5. The van der Waals surface area contributed by atoms with Gasteiger partial charge < -0.3 is 25.0 Å². The number of nitrogens with zero attached hydrogens (tertiary/aromatic N) is 1. The zero-order chi connectivity index (χ0) is 28.9. The number of likely N-dealkylation sites (tertiary alicyclic amines) is 1. The number of carbonyl (C=O) groups excluding carboxylic acids is 3. The van der Waals surface area contributed by atoms with Gasteiger partial charge in [-0.15, -0.1) is 0 Å². The number of fused-ring (bicyclic) bond motifs is 1. The zero-order valence-corrected chi connectivity index (χ0v) is 23.5. The van der Waals surface area contributed by atoms with E-state index in [1.807, 2.05) is 0 Å². The summed E-state index contributed by atoms with van der Waals surface area (Å²) in [7, 11) is 1.57. The van der Waals surface area contributed by atoms with E-state index in [1.54, 1.807) is 55.7 Å². The number of hydrogen-bond acceptors (Lipinski definition) is 5. The van der Waals surface area contributed by atoms with Gasteiger partial charge in [-0.3, -0.25) is 14.4 Å². The van der Waals surface area contributed by atoms with Gasteiger partial charge in [-0.1, -0.05) is 51.0 Å². The molecule has 3 aliphatic heterocycles. The highest BCUT2D eigenvalue weighted by molar-refractivity contribution is 6.02. The fourth-order valence-corrected chi connectivity index (χ4v) is 7.17. The highest BCUT2D eigenvalue weighted by Gasteiger charge is 2.72. The molecule has 2 saturated heterocycles. The molecule has 3 heterocycles. The number of nitrogens with one attached hydrogen (secondary N) is 2. The lowest BCUT2D eigenvalue weighted by Crippen LogP contribution is -2.57. The van der Waals surface area contributed by atoms with Crippen LogP contribution in [0, 0.1) is 29.5 Å². The standard InChI is InChI=1S/C32H36FN3O5/c1-18-5-4-6-24(19(18)2)35-30(38)28-32-16-15-25(41-32)26(29(37)34-22-11-13-23(40-3)14-12-22)27(32)31(39)36(28)17-20-7-9-21(33)10-8-20/h7-16,18-19,24-28H,4-6,17H2,1-3H3,(H,34,37)(H,35,38)/t18-,19+,24+,25-,26+,27-,28-,32-/m0/s1. The number of benzene rings is 2. The number of hydrogen-bond donors (Lipinski definition) is 2. The fourth-order valence-electron chi connectivity index (χ4n) is 7.17. The number of methoxy groups -OCH3 is 1. The molecule has 2 aromatic rings.